The molecule has 0 bridgehead atoms. The molecular weight excluding hydrogens is 416 g/mol. The van der Waals surface area contributed by atoms with Crippen LogP contribution in [0.25, 0.3) is 0 Å². The topological polar surface area (TPSA) is 90.5 Å². The second-order valence-electron chi connectivity index (χ2n) is 9.34. The van der Waals surface area contributed by atoms with E-state index >= 15 is 0 Å². The summed E-state index contributed by atoms with van der Waals surface area (Å²) in [6.07, 6.45) is 5.29. The summed E-state index contributed by atoms with van der Waals surface area (Å²) in [5.74, 6) is -0.760. The summed E-state index contributed by atoms with van der Waals surface area (Å²) in [7, 11) is 0. The van der Waals surface area contributed by atoms with Crippen molar-refractivity contribution in [1.29, 1.82) is 0 Å². The molecule has 2 aromatic carbocycles. The molecule has 3 N–H and O–H groups in total. The minimum atomic E-state index is -0.569. The monoisotopic (exact) mass is 446 g/mol. The lowest BCUT2D eigenvalue weighted by atomic mass is 9.90. The van der Waals surface area contributed by atoms with Gasteiger partial charge in [0.1, 0.15) is 6.04 Å². The first-order chi connectivity index (χ1) is 16.1. The lowest BCUT2D eigenvalue weighted by Gasteiger charge is -2.31. The Balaban J connectivity index is 1.18. The number of benzene rings is 2. The number of piperidine rings is 1. The second-order valence-corrected chi connectivity index (χ2v) is 9.34. The van der Waals surface area contributed by atoms with E-state index in [1.807, 2.05) is 18.2 Å². The van der Waals surface area contributed by atoms with Crippen LogP contribution in [0.5, 0.6) is 0 Å². The molecule has 33 heavy (non-hydrogen) atoms. The van der Waals surface area contributed by atoms with E-state index in [0.717, 1.165) is 24.1 Å². The quantitative estimate of drug-likeness (QED) is 0.594. The van der Waals surface area contributed by atoms with Gasteiger partial charge in [-0.2, -0.15) is 0 Å². The molecule has 2 heterocycles. The van der Waals surface area contributed by atoms with Crippen molar-refractivity contribution in [3.8, 4) is 0 Å². The Labute approximate surface area is 193 Å². The largest absolute Gasteiger partial charge is 0.382 e. The molecule has 2 aliphatic heterocycles. The molecule has 7 nitrogen and oxygen atoms in total. The summed E-state index contributed by atoms with van der Waals surface area (Å²) >= 11 is 0. The maximum absolute atomic E-state index is 12.9. The Morgan fingerprint density at radius 2 is 1.79 bits per heavy atom. The number of anilines is 1. The first kappa shape index (κ1) is 21.6. The summed E-state index contributed by atoms with van der Waals surface area (Å²) < 4.78 is 0. The van der Waals surface area contributed by atoms with Crippen molar-refractivity contribution in [2.24, 2.45) is 0 Å². The van der Waals surface area contributed by atoms with E-state index in [1.165, 1.54) is 24.9 Å². The van der Waals surface area contributed by atoms with Gasteiger partial charge in [-0.25, -0.2) is 0 Å². The Hall–Kier alpha value is -3.19. The summed E-state index contributed by atoms with van der Waals surface area (Å²) in [5, 5.41) is 9.71. The van der Waals surface area contributed by atoms with E-state index in [0.29, 0.717) is 30.6 Å². The number of hydrogen-bond donors (Lipinski definition) is 3. The molecule has 0 spiro atoms. The zero-order valence-corrected chi connectivity index (χ0v) is 18.7. The fourth-order valence-corrected chi connectivity index (χ4v) is 5.28. The Bertz CT molecular complexity index is 1050. The number of para-hydroxylation sites is 1. The maximum Gasteiger partial charge on any atom is 0.255 e. The molecule has 7 heteroatoms. The van der Waals surface area contributed by atoms with Gasteiger partial charge in [0.2, 0.25) is 11.8 Å². The number of amides is 3. The van der Waals surface area contributed by atoms with Crippen molar-refractivity contribution in [1.82, 2.24) is 15.5 Å². The van der Waals surface area contributed by atoms with Gasteiger partial charge in [0.25, 0.3) is 5.91 Å². The number of nitrogens with zero attached hydrogens (tertiary/aromatic N) is 1. The molecule has 1 aliphatic carbocycles. The number of carbonyl (C=O) groups excluding carboxylic acids is 3. The van der Waals surface area contributed by atoms with Crippen molar-refractivity contribution in [2.75, 3.05) is 5.32 Å². The number of imide groups is 1. The van der Waals surface area contributed by atoms with Gasteiger partial charge >= 0.3 is 0 Å². The zero-order chi connectivity index (χ0) is 22.8. The van der Waals surface area contributed by atoms with Gasteiger partial charge in [-0.15, -0.1) is 0 Å². The van der Waals surface area contributed by atoms with Crippen LogP contribution in [0.15, 0.2) is 48.5 Å². The lowest BCUT2D eigenvalue weighted by molar-refractivity contribution is -0.136. The molecular formula is C26H30N4O3. The van der Waals surface area contributed by atoms with E-state index in [1.54, 1.807) is 4.90 Å². The van der Waals surface area contributed by atoms with Crippen LogP contribution in [0.1, 0.15) is 60.0 Å². The van der Waals surface area contributed by atoms with E-state index in [-0.39, 0.29) is 24.1 Å². The van der Waals surface area contributed by atoms with Gasteiger partial charge in [-0.05, 0) is 61.4 Å². The van der Waals surface area contributed by atoms with Crippen LogP contribution >= 0.6 is 0 Å². The minimum Gasteiger partial charge on any atom is -0.382 e. The van der Waals surface area contributed by atoms with Crippen LogP contribution in [-0.4, -0.2) is 40.7 Å². The number of carbonyl (C=O) groups is 3. The molecule has 1 unspecified atom stereocenters. The highest BCUT2D eigenvalue weighted by atomic mass is 16.2. The molecule has 1 saturated carbocycles. The average Bonchev–Trinajstić information content (AvgIpc) is 3.14. The summed E-state index contributed by atoms with van der Waals surface area (Å²) in [6, 6.07) is 16.7. The molecule has 172 valence electrons. The lowest BCUT2D eigenvalue weighted by Crippen LogP contribution is -2.52. The van der Waals surface area contributed by atoms with Gasteiger partial charge in [-0.3, -0.25) is 19.7 Å². The summed E-state index contributed by atoms with van der Waals surface area (Å²) in [5.41, 5.74) is 3.93. The molecule has 1 saturated heterocycles. The highest BCUT2D eigenvalue weighted by molar-refractivity contribution is 6.05. The van der Waals surface area contributed by atoms with Crippen LogP contribution < -0.4 is 16.0 Å². The third-order valence-corrected chi connectivity index (χ3v) is 7.00. The van der Waals surface area contributed by atoms with Crippen molar-refractivity contribution in [3.05, 3.63) is 65.2 Å². The summed E-state index contributed by atoms with van der Waals surface area (Å²) in [4.78, 5) is 38.1. The second kappa shape index (κ2) is 9.35. The van der Waals surface area contributed by atoms with Crippen molar-refractivity contribution >= 4 is 23.4 Å². The Kier molecular flexibility index (Phi) is 6.13. The smallest absolute Gasteiger partial charge is 0.255 e. The predicted molar refractivity (Wildman–Crippen MR) is 125 cm³/mol. The third kappa shape index (κ3) is 4.78. The van der Waals surface area contributed by atoms with Crippen LogP contribution in [-0.2, 0) is 22.7 Å². The number of hydrogen-bond acceptors (Lipinski definition) is 5. The van der Waals surface area contributed by atoms with Gasteiger partial charge in [0, 0.05) is 42.8 Å². The van der Waals surface area contributed by atoms with Gasteiger partial charge in [0.15, 0.2) is 0 Å². The fourth-order valence-electron chi connectivity index (χ4n) is 5.28. The van der Waals surface area contributed by atoms with Crippen LogP contribution in [0.2, 0.25) is 0 Å². The molecule has 3 aliphatic rings. The number of rotatable bonds is 6. The number of fused-ring (bicyclic) bond motifs is 1. The molecule has 0 radical (unpaired) electrons. The Morgan fingerprint density at radius 1 is 0.970 bits per heavy atom. The van der Waals surface area contributed by atoms with E-state index in [9.17, 15) is 14.4 Å². The van der Waals surface area contributed by atoms with Gasteiger partial charge < -0.3 is 15.5 Å². The normalized spacial score (nSPS) is 25.0. The van der Waals surface area contributed by atoms with Crippen LogP contribution in [0.4, 0.5) is 5.69 Å². The first-order valence-electron chi connectivity index (χ1n) is 11.9. The third-order valence-electron chi connectivity index (χ3n) is 7.00. The standard InChI is InChI=1S/C26H30N4O3/c31-24-12-11-23(25(32)29-24)30-16-18-13-17(9-10-22(18)26(30)33)15-27-20-7-4-8-21(14-20)28-19-5-2-1-3-6-19/h1-3,5-6,9-10,13,20-21,23,27-28H,4,7-8,11-12,14-16H2,(H,29,31,32)/t20-,21+,23?/m1/s1. The summed E-state index contributed by atoms with van der Waals surface area (Å²) in [6.45, 7) is 1.17. The maximum atomic E-state index is 12.9. The van der Waals surface area contributed by atoms with E-state index in [4.69, 9.17) is 0 Å². The van der Waals surface area contributed by atoms with Gasteiger partial charge in [-0.1, -0.05) is 30.3 Å². The highest BCUT2D eigenvalue weighted by Crippen LogP contribution is 2.28. The molecule has 2 fully saturated rings. The van der Waals surface area contributed by atoms with Crippen LogP contribution in [0.3, 0.4) is 0 Å². The van der Waals surface area contributed by atoms with Crippen molar-refractivity contribution in [3.63, 3.8) is 0 Å². The minimum absolute atomic E-state index is 0.124. The SMILES string of the molecule is O=C1CCC(N2Cc3cc(CN[C@@H]4CCC[C@H](Nc5ccccc5)C4)ccc3C2=O)C(=O)N1. The number of nitrogens with one attached hydrogen (secondary N) is 3. The Morgan fingerprint density at radius 3 is 2.61 bits per heavy atom. The zero-order valence-electron chi connectivity index (χ0n) is 18.7. The molecule has 3 amide bonds. The molecule has 2 aromatic rings. The fraction of sp³-hybridized carbons (Fsp3) is 0.423. The first-order valence-corrected chi connectivity index (χ1v) is 11.9. The molecule has 5 rings (SSSR count). The van der Waals surface area contributed by atoms with E-state index in [2.05, 4.69) is 46.3 Å². The highest BCUT2D eigenvalue weighted by Gasteiger charge is 2.39. The van der Waals surface area contributed by atoms with Gasteiger partial charge in [0.05, 0.1) is 0 Å². The predicted octanol–water partition coefficient (Wildman–Crippen LogP) is 2.96. The molecule has 0 aromatic heterocycles. The van der Waals surface area contributed by atoms with Crippen molar-refractivity contribution in [2.45, 2.75) is 69.7 Å². The van der Waals surface area contributed by atoms with Crippen LogP contribution in [0, 0.1) is 0 Å². The van der Waals surface area contributed by atoms with E-state index < -0.39 is 6.04 Å². The average molecular weight is 447 g/mol. The van der Waals surface area contributed by atoms with Crippen molar-refractivity contribution < 1.29 is 14.4 Å². The molecule has 3 atom stereocenters.